The summed E-state index contributed by atoms with van der Waals surface area (Å²) in [4.78, 5) is 0. The van der Waals surface area contributed by atoms with Gasteiger partial charge >= 0.3 is 0 Å². The molecule has 1 N–H and O–H groups in total. The lowest BCUT2D eigenvalue weighted by Gasteiger charge is -2.15. The number of methoxy groups -OCH3 is 1. The topological polar surface area (TPSA) is 70.8 Å². The number of nitriles is 1. The Morgan fingerprint density at radius 1 is 1.15 bits per heavy atom. The van der Waals surface area contributed by atoms with Crippen LogP contribution in [0.5, 0.6) is 5.75 Å². The van der Waals surface area contributed by atoms with Crippen molar-refractivity contribution in [2.24, 2.45) is 0 Å². The number of nitrogens with zero attached hydrogens (tertiary/aromatic N) is 3. The van der Waals surface area contributed by atoms with E-state index >= 15 is 0 Å². The Bertz CT molecular complexity index is 672. The normalized spacial score (nSPS) is 9.95. The molecule has 0 aliphatic heterocycles. The number of benzene rings is 1. The van der Waals surface area contributed by atoms with Crippen molar-refractivity contribution in [1.29, 1.82) is 5.26 Å². The Morgan fingerprint density at radius 2 is 1.90 bits per heavy atom. The van der Waals surface area contributed by atoms with Gasteiger partial charge in [0.1, 0.15) is 5.75 Å². The predicted molar refractivity (Wildman–Crippen MR) is 77.5 cm³/mol. The summed E-state index contributed by atoms with van der Waals surface area (Å²) in [6, 6.07) is 5.65. The Hall–Kier alpha value is -2.61. The van der Waals surface area contributed by atoms with Crippen LogP contribution in [0.4, 0.5) is 5.82 Å². The molecule has 0 unspecified atom stereocenters. The minimum absolute atomic E-state index is 0.428. The van der Waals surface area contributed by atoms with Gasteiger partial charge in [0.25, 0.3) is 0 Å². The van der Waals surface area contributed by atoms with Crippen molar-refractivity contribution in [2.45, 2.75) is 20.8 Å². The number of hydrogen-bond donors (Lipinski definition) is 1. The number of aryl methyl sites for hydroxylation is 2. The van der Waals surface area contributed by atoms with Crippen LogP contribution in [0, 0.1) is 32.2 Å². The molecule has 5 nitrogen and oxygen atoms in total. The van der Waals surface area contributed by atoms with Crippen LogP contribution >= 0.6 is 0 Å². The maximum absolute atomic E-state index is 8.55. The van der Waals surface area contributed by atoms with Crippen molar-refractivity contribution in [3.63, 3.8) is 0 Å². The zero-order chi connectivity index (χ0) is 14.7. The van der Waals surface area contributed by atoms with E-state index in [9.17, 15) is 0 Å². The molecule has 0 saturated heterocycles. The summed E-state index contributed by atoms with van der Waals surface area (Å²) >= 11 is 0. The van der Waals surface area contributed by atoms with Crippen molar-refractivity contribution < 1.29 is 4.74 Å². The molecule has 2 rings (SSSR count). The summed E-state index contributed by atoms with van der Waals surface area (Å²) in [5.41, 5.74) is 5.02. The van der Waals surface area contributed by atoms with E-state index in [4.69, 9.17) is 10.00 Å². The number of aromatic nitrogens is 2. The van der Waals surface area contributed by atoms with E-state index in [0.717, 1.165) is 28.1 Å². The van der Waals surface area contributed by atoms with Gasteiger partial charge in [0.05, 0.1) is 12.8 Å². The van der Waals surface area contributed by atoms with E-state index < -0.39 is 0 Å². The van der Waals surface area contributed by atoms with Crippen molar-refractivity contribution in [1.82, 2.24) is 10.2 Å². The molecular formula is C15H16N4O. The maximum atomic E-state index is 8.55. The first-order valence-corrected chi connectivity index (χ1v) is 6.22. The summed E-state index contributed by atoms with van der Waals surface area (Å²) in [5, 5.41) is 19.1. The molecule has 0 spiro atoms. The van der Waals surface area contributed by atoms with Crippen LogP contribution in [0.15, 0.2) is 18.2 Å². The van der Waals surface area contributed by atoms with Crippen LogP contribution in [0.1, 0.15) is 16.7 Å². The Labute approximate surface area is 118 Å². The highest BCUT2D eigenvalue weighted by atomic mass is 16.5. The largest absolute Gasteiger partial charge is 0.496 e. The van der Waals surface area contributed by atoms with Crippen molar-refractivity contribution in [3.8, 4) is 23.2 Å². The average molecular weight is 268 g/mol. The number of nitrogens with one attached hydrogen (secondary N) is 1. The highest BCUT2D eigenvalue weighted by Gasteiger charge is 2.15. The Morgan fingerprint density at radius 3 is 2.45 bits per heavy atom. The number of rotatable bonds is 3. The van der Waals surface area contributed by atoms with Crippen molar-refractivity contribution in [2.75, 3.05) is 12.4 Å². The highest BCUT2D eigenvalue weighted by Crippen LogP contribution is 2.36. The molecule has 0 atom stereocenters. The van der Waals surface area contributed by atoms with Crippen LogP contribution in [0.2, 0.25) is 0 Å². The van der Waals surface area contributed by atoms with Gasteiger partial charge in [0.2, 0.25) is 0 Å². The molecule has 102 valence electrons. The Kier molecular flexibility index (Phi) is 3.85. The van der Waals surface area contributed by atoms with Crippen LogP contribution in [-0.4, -0.2) is 17.3 Å². The fourth-order valence-corrected chi connectivity index (χ4v) is 2.21. The summed E-state index contributed by atoms with van der Waals surface area (Å²) in [6.45, 7) is 6.10. The summed E-state index contributed by atoms with van der Waals surface area (Å²) in [7, 11) is 1.66. The molecule has 0 amide bonds. The van der Waals surface area contributed by atoms with Crippen molar-refractivity contribution in [3.05, 3.63) is 34.9 Å². The van der Waals surface area contributed by atoms with E-state index in [0.29, 0.717) is 5.82 Å². The molecule has 0 aliphatic rings. The minimum Gasteiger partial charge on any atom is -0.496 e. The second-order valence-electron chi connectivity index (χ2n) is 4.58. The van der Waals surface area contributed by atoms with E-state index in [1.807, 2.05) is 26.1 Å². The van der Waals surface area contributed by atoms with E-state index in [-0.39, 0.29) is 0 Å². The van der Waals surface area contributed by atoms with Gasteiger partial charge in [-0.05, 0) is 49.6 Å². The molecule has 1 heterocycles. The minimum atomic E-state index is 0.428. The third-order valence-corrected chi connectivity index (χ3v) is 3.30. The summed E-state index contributed by atoms with van der Waals surface area (Å²) in [6.07, 6.45) is 1.82. The monoisotopic (exact) mass is 268 g/mol. The standard InChI is InChI=1S/C15H16N4O/c1-9-7-10(2)14(15(20-4)11(9)3)12-5-6-13(17-8-16)19-18-12/h5-7H,1-4H3,(H,17,19). The molecule has 0 saturated carbocycles. The second-order valence-corrected chi connectivity index (χ2v) is 4.58. The first-order valence-electron chi connectivity index (χ1n) is 6.22. The zero-order valence-corrected chi connectivity index (χ0v) is 12.0. The first-order chi connectivity index (χ1) is 9.58. The lowest BCUT2D eigenvalue weighted by Crippen LogP contribution is -2.00. The lowest BCUT2D eigenvalue weighted by molar-refractivity contribution is 0.412. The van der Waals surface area contributed by atoms with Crippen LogP contribution < -0.4 is 10.1 Å². The van der Waals surface area contributed by atoms with Crippen LogP contribution in [-0.2, 0) is 0 Å². The van der Waals surface area contributed by atoms with Gasteiger partial charge in [-0.25, -0.2) is 0 Å². The van der Waals surface area contributed by atoms with Crippen molar-refractivity contribution >= 4 is 5.82 Å². The average Bonchev–Trinajstić information content (AvgIpc) is 2.44. The molecule has 0 aliphatic carbocycles. The maximum Gasteiger partial charge on any atom is 0.182 e. The first kappa shape index (κ1) is 13.8. The van der Waals surface area contributed by atoms with Gasteiger partial charge in [0.15, 0.2) is 12.0 Å². The summed E-state index contributed by atoms with van der Waals surface area (Å²) < 4.78 is 5.53. The molecule has 5 heteroatoms. The quantitative estimate of drug-likeness (QED) is 0.684. The van der Waals surface area contributed by atoms with E-state index in [2.05, 4.69) is 28.5 Å². The molecule has 1 aromatic heterocycles. The fourth-order valence-electron chi connectivity index (χ4n) is 2.21. The molecule has 20 heavy (non-hydrogen) atoms. The Balaban J connectivity index is 2.57. The summed E-state index contributed by atoms with van der Waals surface area (Å²) in [5.74, 6) is 1.24. The van der Waals surface area contributed by atoms with Crippen LogP contribution in [0.3, 0.4) is 0 Å². The molecule has 0 radical (unpaired) electrons. The highest BCUT2D eigenvalue weighted by molar-refractivity contribution is 5.74. The van der Waals surface area contributed by atoms with Gasteiger partial charge in [0, 0.05) is 5.56 Å². The second kappa shape index (κ2) is 5.57. The molecule has 2 aromatic rings. The molecular weight excluding hydrogens is 252 g/mol. The van der Waals surface area contributed by atoms with E-state index in [1.165, 1.54) is 5.56 Å². The fraction of sp³-hybridized carbons (Fsp3) is 0.267. The number of anilines is 1. The number of ether oxygens (including phenoxy) is 1. The van der Waals surface area contributed by atoms with Crippen LogP contribution in [0.25, 0.3) is 11.3 Å². The predicted octanol–water partition coefficient (Wildman–Crippen LogP) is 2.97. The number of hydrogen-bond acceptors (Lipinski definition) is 5. The third kappa shape index (κ3) is 2.41. The van der Waals surface area contributed by atoms with Gasteiger partial charge in [-0.15, -0.1) is 10.2 Å². The lowest BCUT2D eigenvalue weighted by atomic mass is 9.97. The van der Waals surface area contributed by atoms with Gasteiger partial charge < -0.3 is 4.74 Å². The third-order valence-electron chi connectivity index (χ3n) is 3.30. The smallest absolute Gasteiger partial charge is 0.182 e. The molecule has 0 bridgehead atoms. The SMILES string of the molecule is COc1c(C)c(C)cc(C)c1-c1ccc(NC#N)nn1. The van der Waals surface area contributed by atoms with E-state index in [1.54, 1.807) is 13.2 Å². The zero-order valence-electron chi connectivity index (χ0n) is 12.0. The molecule has 0 fully saturated rings. The van der Waals surface area contributed by atoms with Gasteiger partial charge in [-0.1, -0.05) is 6.07 Å². The molecule has 1 aromatic carbocycles. The van der Waals surface area contributed by atoms with Gasteiger partial charge in [-0.2, -0.15) is 5.26 Å². The van der Waals surface area contributed by atoms with Gasteiger partial charge in [-0.3, -0.25) is 5.32 Å².